The predicted molar refractivity (Wildman–Crippen MR) is 109 cm³/mol. The summed E-state index contributed by atoms with van der Waals surface area (Å²) in [6.45, 7) is 15.0. The van der Waals surface area contributed by atoms with Crippen molar-refractivity contribution in [2.24, 2.45) is 4.99 Å². The van der Waals surface area contributed by atoms with Gasteiger partial charge in [0.15, 0.2) is 5.96 Å². The van der Waals surface area contributed by atoms with Gasteiger partial charge in [-0.2, -0.15) is 0 Å². The van der Waals surface area contributed by atoms with Gasteiger partial charge in [-0.15, -0.1) is 11.3 Å². The first kappa shape index (κ1) is 20.2. The molecule has 2 N–H and O–H groups in total. The zero-order valence-electron chi connectivity index (χ0n) is 16.6. The Hall–Kier alpha value is -1.14. The van der Waals surface area contributed by atoms with E-state index in [0.29, 0.717) is 12.1 Å². The van der Waals surface area contributed by atoms with Crippen LogP contribution in [-0.2, 0) is 12.8 Å². The second-order valence-corrected chi connectivity index (χ2v) is 8.31. The Labute approximate surface area is 157 Å². The molecule has 142 valence electrons. The van der Waals surface area contributed by atoms with Crippen LogP contribution >= 0.6 is 11.3 Å². The molecule has 0 bridgehead atoms. The van der Waals surface area contributed by atoms with Crippen molar-refractivity contribution in [2.75, 3.05) is 26.2 Å². The molecule has 5 nitrogen and oxygen atoms in total. The molecule has 2 heterocycles. The van der Waals surface area contributed by atoms with Crippen molar-refractivity contribution in [2.45, 2.75) is 72.4 Å². The number of hydrogen-bond donors (Lipinski definition) is 2. The molecule has 1 aliphatic rings. The minimum Gasteiger partial charge on any atom is -0.357 e. The fourth-order valence-electron chi connectivity index (χ4n) is 3.26. The van der Waals surface area contributed by atoms with E-state index >= 15 is 0 Å². The lowest BCUT2D eigenvalue weighted by molar-refractivity contribution is 0.167. The highest BCUT2D eigenvalue weighted by Crippen LogP contribution is 2.18. The van der Waals surface area contributed by atoms with E-state index in [-0.39, 0.29) is 0 Å². The van der Waals surface area contributed by atoms with Crippen molar-refractivity contribution in [1.82, 2.24) is 20.5 Å². The van der Waals surface area contributed by atoms with Crippen LogP contribution < -0.4 is 10.6 Å². The number of thiazole rings is 1. The fraction of sp³-hybridized carbons (Fsp3) is 0.789. The summed E-state index contributed by atoms with van der Waals surface area (Å²) < 4.78 is 0. The molecular weight excluding hydrogens is 330 g/mol. The molecule has 25 heavy (non-hydrogen) atoms. The van der Waals surface area contributed by atoms with Crippen molar-refractivity contribution in [1.29, 1.82) is 0 Å². The molecule has 0 aliphatic carbocycles. The van der Waals surface area contributed by atoms with Crippen molar-refractivity contribution in [3.05, 3.63) is 15.6 Å². The Bertz CT molecular complexity index is 544. The van der Waals surface area contributed by atoms with Crippen LogP contribution in [0.1, 0.15) is 56.1 Å². The van der Waals surface area contributed by atoms with Crippen LogP contribution in [0.3, 0.4) is 0 Å². The number of hydrogen-bond acceptors (Lipinski definition) is 4. The summed E-state index contributed by atoms with van der Waals surface area (Å²) >= 11 is 1.82. The van der Waals surface area contributed by atoms with Gasteiger partial charge in [0.05, 0.1) is 10.7 Å². The number of aromatic nitrogens is 1. The number of nitrogens with zero attached hydrogens (tertiary/aromatic N) is 3. The van der Waals surface area contributed by atoms with Gasteiger partial charge in [-0.3, -0.25) is 4.99 Å². The van der Waals surface area contributed by atoms with Gasteiger partial charge in [-0.05, 0) is 47.0 Å². The standard InChI is InChI=1S/C19H35N5S/c1-6-17-15(5)25-18(23-17)8-11-21-19(20-7-2)22-16-9-12-24(13-10-16)14(3)4/h14,16H,6-13H2,1-5H3,(H2,20,21,22). The second kappa shape index (κ2) is 10.1. The van der Waals surface area contributed by atoms with E-state index < -0.39 is 0 Å². The van der Waals surface area contributed by atoms with Crippen molar-refractivity contribution in [3.63, 3.8) is 0 Å². The Morgan fingerprint density at radius 2 is 2.04 bits per heavy atom. The first-order chi connectivity index (χ1) is 12.0. The number of piperidine rings is 1. The van der Waals surface area contributed by atoms with Crippen LogP contribution in [0.15, 0.2) is 4.99 Å². The first-order valence-corrected chi connectivity index (χ1v) is 10.6. The van der Waals surface area contributed by atoms with Crippen LogP contribution in [0.5, 0.6) is 0 Å². The lowest BCUT2D eigenvalue weighted by Gasteiger charge is -2.35. The SMILES string of the molecule is CCNC(=NCCc1nc(CC)c(C)s1)NC1CCN(C(C)C)CC1. The maximum absolute atomic E-state index is 4.77. The third-order valence-electron chi connectivity index (χ3n) is 4.81. The van der Waals surface area contributed by atoms with Gasteiger partial charge in [0, 0.05) is 49.6 Å². The third kappa shape index (κ3) is 6.26. The molecule has 0 saturated carbocycles. The quantitative estimate of drug-likeness (QED) is 0.576. The van der Waals surface area contributed by atoms with Crippen molar-refractivity contribution >= 4 is 17.3 Å². The minimum atomic E-state index is 0.529. The zero-order chi connectivity index (χ0) is 18.2. The molecule has 0 atom stereocenters. The van der Waals surface area contributed by atoms with Gasteiger partial charge in [-0.25, -0.2) is 4.98 Å². The average Bonchev–Trinajstić information content (AvgIpc) is 2.95. The summed E-state index contributed by atoms with van der Waals surface area (Å²) in [5.41, 5.74) is 1.24. The average molecular weight is 366 g/mol. The molecule has 6 heteroatoms. The summed E-state index contributed by atoms with van der Waals surface area (Å²) in [7, 11) is 0. The number of rotatable bonds is 7. The first-order valence-electron chi connectivity index (χ1n) is 9.77. The minimum absolute atomic E-state index is 0.529. The molecule has 1 saturated heterocycles. The molecule has 1 aromatic rings. The lowest BCUT2D eigenvalue weighted by atomic mass is 10.0. The molecule has 1 aliphatic heterocycles. The maximum Gasteiger partial charge on any atom is 0.191 e. The Morgan fingerprint density at radius 3 is 2.60 bits per heavy atom. The molecule has 0 spiro atoms. The van der Waals surface area contributed by atoms with E-state index in [9.17, 15) is 0 Å². The highest BCUT2D eigenvalue weighted by atomic mass is 32.1. The summed E-state index contributed by atoms with van der Waals surface area (Å²) in [4.78, 5) is 13.4. The highest BCUT2D eigenvalue weighted by Gasteiger charge is 2.21. The van der Waals surface area contributed by atoms with Gasteiger partial charge in [0.2, 0.25) is 0 Å². The van der Waals surface area contributed by atoms with Gasteiger partial charge >= 0.3 is 0 Å². The molecule has 0 aromatic carbocycles. The molecule has 0 radical (unpaired) electrons. The number of guanidine groups is 1. The van der Waals surface area contributed by atoms with E-state index in [0.717, 1.165) is 31.9 Å². The largest absolute Gasteiger partial charge is 0.357 e. The number of likely N-dealkylation sites (tertiary alicyclic amines) is 1. The molecule has 0 amide bonds. The normalized spacial score (nSPS) is 17.3. The summed E-state index contributed by atoms with van der Waals surface area (Å²) in [6.07, 6.45) is 4.32. The molecule has 0 unspecified atom stereocenters. The van der Waals surface area contributed by atoms with E-state index in [1.807, 2.05) is 11.3 Å². The van der Waals surface area contributed by atoms with E-state index in [1.54, 1.807) is 0 Å². The molecule has 1 fully saturated rings. The van der Waals surface area contributed by atoms with Crippen LogP contribution in [0.25, 0.3) is 0 Å². The monoisotopic (exact) mass is 365 g/mol. The van der Waals surface area contributed by atoms with E-state index in [4.69, 9.17) is 9.98 Å². The van der Waals surface area contributed by atoms with E-state index in [1.165, 1.54) is 41.5 Å². The van der Waals surface area contributed by atoms with Crippen LogP contribution in [-0.4, -0.2) is 54.1 Å². The molecular formula is C19H35N5S. The summed E-state index contributed by atoms with van der Waals surface area (Å²) in [5.74, 6) is 0.953. The Balaban J connectivity index is 1.83. The number of nitrogens with one attached hydrogen (secondary N) is 2. The highest BCUT2D eigenvalue weighted by molar-refractivity contribution is 7.11. The second-order valence-electron chi connectivity index (χ2n) is 7.02. The zero-order valence-corrected chi connectivity index (χ0v) is 17.4. The predicted octanol–water partition coefficient (Wildman–Crippen LogP) is 2.98. The summed E-state index contributed by atoms with van der Waals surface area (Å²) in [6, 6.07) is 1.18. The number of aryl methyl sites for hydroxylation is 2. The lowest BCUT2D eigenvalue weighted by Crippen LogP contribution is -2.49. The third-order valence-corrected chi connectivity index (χ3v) is 5.89. The number of aliphatic imine (C=N–C) groups is 1. The topological polar surface area (TPSA) is 52.6 Å². The van der Waals surface area contributed by atoms with E-state index in [2.05, 4.69) is 50.2 Å². The van der Waals surface area contributed by atoms with Crippen molar-refractivity contribution in [3.8, 4) is 0 Å². The maximum atomic E-state index is 4.77. The Morgan fingerprint density at radius 1 is 1.32 bits per heavy atom. The molecule has 2 rings (SSSR count). The van der Waals surface area contributed by atoms with Gasteiger partial charge in [0.25, 0.3) is 0 Å². The van der Waals surface area contributed by atoms with Crippen LogP contribution in [0, 0.1) is 6.92 Å². The Kier molecular flexibility index (Phi) is 8.16. The van der Waals surface area contributed by atoms with Crippen LogP contribution in [0.4, 0.5) is 0 Å². The van der Waals surface area contributed by atoms with Crippen LogP contribution in [0.2, 0.25) is 0 Å². The van der Waals surface area contributed by atoms with Crippen molar-refractivity contribution < 1.29 is 0 Å². The molecule has 1 aromatic heterocycles. The fourth-order valence-corrected chi connectivity index (χ4v) is 4.27. The van der Waals surface area contributed by atoms with Gasteiger partial charge in [0.1, 0.15) is 0 Å². The van der Waals surface area contributed by atoms with Gasteiger partial charge < -0.3 is 15.5 Å². The smallest absolute Gasteiger partial charge is 0.191 e. The summed E-state index contributed by atoms with van der Waals surface area (Å²) in [5, 5.41) is 8.22. The van der Waals surface area contributed by atoms with Gasteiger partial charge in [-0.1, -0.05) is 6.92 Å².